The van der Waals surface area contributed by atoms with Crippen molar-refractivity contribution in [2.24, 2.45) is 21.6 Å². The van der Waals surface area contributed by atoms with Gasteiger partial charge in [0.2, 0.25) is 0 Å². The van der Waals surface area contributed by atoms with Gasteiger partial charge in [-0.1, -0.05) is 43.8 Å². The third kappa shape index (κ3) is 11.2. The van der Waals surface area contributed by atoms with Gasteiger partial charge in [0.05, 0.1) is 28.5 Å². The number of phenols is 1. The average molecular weight is 580 g/mol. The van der Waals surface area contributed by atoms with Crippen molar-refractivity contribution in [1.29, 1.82) is 0 Å². The van der Waals surface area contributed by atoms with Crippen molar-refractivity contribution in [3.8, 4) is 5.75 Å². The molecular formula is C33H46FN5OS. The summed E-state index contributed by atoms with van der Waals surface area (Å²) in [6, 6.07) is 13.5. The number of rotatable bonds is 11. The monoisotopic (exact) mass is 579 g/mol. The number of aliphatic imine (C=N–C) groups is 2. The number of para-hydroxylation sites is 1. The zero-order valence-corrected chi connectivity index (χ0v) is 26.0. The molecule has 1 saturated heterocycles. The zero-order valence-electron chi connectivity index (χ0n) is 25.2. The number of nitrogens with one attached hydrogen (secondary N) is 1. The van der Waals surface area contributed by atoms with E-state index in [0.29, 0.717) is 34.3 Å². The lowest BCUT2D eigenvalue weighted by Crippen LogP contribution is -2.36. The number of hydrogen-bond acceptors (Lipinski definition) is 7. The van der Waals surface area contributed by atoms with E-state index in [4.69, 9.17) is 5.73 Å². The second kappa shape index (κ2) is 18.1. The molecule has 0 aromatic heterocycles. The molecule has 0 saturated carbocycles. The molecule has 6 nitrogen and oxygen atoms in total. The molecule has 8 heteroatoms. The molecule has 41 heavy (non-hydrogen) atoms. The minimum absolute atomic E-state index is 0.106. The van der Waals surface area contributed by atoms with Crippen LogP contribution in [0.2, 0.25) is 0 Å². The van der Waals surface area contributed by atoms with Crippen molar-refractivity contribution in [3.63, 3.8) is 0 Å². The highest BCUT2D eigenvalue weighted by Crippen LogP contribution is 2.23. The lowest BCUT2D eigenvalue weighted by molar-refractivity contribution is 0.233. The highest BCUT2D eigenvalue weighted by atomic mass is 32.2. The number of aromatic hydroxyl groups is 1. The maximum absolute atomic E-state index is 13.3. The summed E-state index contributed by atoms with van der Waals surface area (Å²) >= 11 is 0.106. The minimum atomic E-state index is 0.106. The number of aryl methyl sites for hydroxylation is 2. The molecule has 1 unspecified atom stereocenters. The Morgan fingerprint density at radius 2 is 2.02 bits per heavy atom. The molecule has 1 aliphatic rings. The van der Waals surface area contributed by atoms with Crippen LogP contribution in [0.5, 0.6) is 5.75 Å². The summed E-state index contributed by atoms with van der Waals surface area (Å²) in [5.74, 6) is 0.670. The Balaban J connectivity index is 0.000000446. The molecule has 0 radical (unpaired) electrons. The third-order valence-electron chi connectivity index (χ3n) is 7.02. The highest BCUT2D eigenvalue weighted by molar-refractivity contribution is 7.99. The highest BCUT2D eigenvalue weighted by Gasteiger charge is 2.17. The molecule has 0 amide bonds. The Labute approximate surface area is 250 Å². The zero-order chi connectivity index (χ0) is 30.2. The standard InChI is InChI=1S/C23H31FN4OS.C10H15N/c1-5-28-12-8-9-19(16-28)14-26-17(2)13-21(20-10-6-7-11-22(20)29)27-18(3)23(30-24)15-25-4;1-3-9-4-5-10(7-11)8(2)6-9/h5-7,10-11,13,15,19,26,29H,1,8-9,12,14,16H2,2-4H3;4-6H,3,7,11H2,1-2H3/b17-13+,23-18-,25-15?,27-21+;. The van der Waals surface area contributed by atoms with Crippen molar-refractivity contribution >= 4 is 24.1 Å². The SMILES string of the molecule is C=CN1CCCC(CN/C(C)=C/C(=N\C(C)=C(\C=NC)SF)c2ccccc2O)C1.CCc1ccc(CN)c(C)c1. The van der Waals surface area contributed by atoms with Crippen LogP contribution in [0, 0.1) is 12.8 Å². The van der Waals surface area contributed by atoms with Gasteiger partial charge in [0.1, 0.15) is 5.75 Å². The molecule has 2 aromatic rings. The molecular weight excluding hydrogens is 533 g/mol. The second-order valence-electron chi connectivity index (χ2n) is 10.1. The van der Waals surface area contributed by atoms with Gasteiger partial charge in [-0.15, -0.1) is 0 Å². The van der Waals surface area contributed by atoms with E-state index in [2.05, 4.69) is 58.8 Å². The lowest BCUT2D eigenvalue weighted by atomic mass is 9.98. The molecule has 1 heterocycles. The Morgan fingerprint density at radius 1 is 1.27 bits per heavy atom. The molecule has 1 fully saturated rings. The summed E-state index contributed by atoms with van der Waals surface area (Å²) in [6.45, 7) is 15.4. The maximum atomic E-state index is 13.3. The van der Waals surface area contributed by atoms with E-state index in [1.807, 2.05) is 25.3 Å². The minimum Gasteiger partial charge on any atom is -0.507 e. The van der Waals surface area contributed by atoms with Gasteiger partial charge in [-0.05, 0) is 87.1 Å². The fourth-order valence-corrected chi connectivity index (χ4v) is 4.88. The van der Waals surface area contributed by atoms with Crippen LogP contribution < -0.4 is 11.1 Å². The summed E-state index contributed by atoms with van der Waals surface area (Å²) < 4.78 is 13.3. The summed E-state index contributed by atoms with van der Waals surface area (Å²) in [6.07, 6.45) is 8.68. The van der Waals surface area contributed by atoms with Crippen LogP contribution in [0.3, 0.4) is 0 Å². The molecule has 1 atom stereocenters. The van der Waals surface area contributed by atoms with E-state index >= 15 is 0 Å². The van der Waals surface area contributed by atoms with Crippen LogP contribution in [0.1, 0.15) is 55.9 Å². The molecule has 0 bridgehead atoms. The number of benzene rings is 2. The maximum Gasteiger partial charge on any atom is 0.124 e. The first-order valence-corrected chi connectivity index (χ1v) is 14.8. The van der Waals surface area contributed by atoms with Gasteiger partial charge < -0.3 is 21.1 Å². The van der Waals surface area contributed by atoms with Gasteiger partial charge in [-0.25, -0.2) is 0 Å². The first kappa shape index (κ1) is 33.8. The van der Waals surface area contributed by atoms with Gasteiger partial charge >= 0.3 is 0 Å². The number of halogens is 1. The van der Waals surface area contributed by atoms with Crippen molar-refractivity contribution in [2.75, 3.05) is 26.7 Å². The second-order valence-corrected chi connectivity index (χ2v) is 10.7. The van der Waals surface area contributed by atoms with E-state index in [1.54, 1.807) is 32.2 Å². The smallest absolute Gasteiger partial charge is 0.124 e. The fourth-order valence-electron chi connectivity index (χ4n) is 4.58. The van der Waals surface area contributed by atoms with Gasteiger partial charge in [-0.3, -0.25) is 9.98 Å². The molecule has 0 spiro atoms. The Hall–Kier alpha value is -3.36. The number of hydrogen-bond donors (Lipinski definition) is 3. The number of piperidine rings is 1. The van der Waals surface area contributed by atoms with Crippen molar-refractivity contribution in [1.82, 2.24) is 10.2 Å². The topological polar surface area (TPSA) is 86.2 Å². The summed E-state index contributed by atoms with van der Waals surface area (Å²) in [7, 11) is 1.59. The number of phenolic OH excluding ortho intramolecular Hbond substituents is 1. The lowest BCUT2D eigenvalue weighted by Gasteiger charge is -2.32. The Morgan fingerprint density at radius 3 is 2.63 bits per heavy atom. The molecule has 0 aliphatic carbocycles. The molecule has 3 rings (SSSR count). The van der Waals surface area contributed by atoms with Crippen LogP contribution in [-0.2, 0) is 13.0 Å². The van der Waals surface area contributed by atoms with Crippen molar-refractivity contribution in [2.45, 2.75) is 53.5 Å². The first-order valence-electron chi connectivity index (χ1n) is 14.1. The fraction of sp³-hybridized carbons (Fsp3) is 0.394. The van der Waals surface area contributed by atoms with Gasteiger partial charge in [0.25, 0.3) is 0 Å². The van der Waals surface area contributed by atoms with Crippen molar-refractivity contribution in [3.05, 3.63) is 99.9 Å². The summed E-state index contributed by atoms with van der Waals surface area (Å²) in [5, 5.41) is 13.8. The van der Waals surface area contributed by atoms with Gasteiger partial charge in [-0.2, -0.15) is 3.89 Å². The van der Waals surface area contributed by atoms with Crippen LogP contribution in [0.25, 0.3) is 0 Å². The summed E-state index contributed by atoms with van der Waals surface area (Å²) in [5.41, 5.74) is 12.1. The van der Waals surface area contributed by atoms with E-state index in [9.17, 15) is 8.99 Å². The van der Waals surface area contributed by atoms with E-state index in [0.717, 1.165) is 31.8 Å². The first-order chi connectivity index (χ1) is 19.8. The van der Waals surface area contributed by atoms with Gasteiger partial charge in [0, 0.05) is 50.7 Å². The molecule has 1 aliphatic heterocycles. The summed E-state index contributed by atoms with van der Waals surface area (Å²) in [4.78, 5) is 11.1. The van der Waals surface area contributed by atoms with E-state index in [-0.39, 0.29) is 17.9 Å². The van der Waals surface area contributed by atoms with Crippen LogP contribution >= 0.6 is 12.1 Å². The average Bonchev–Trinajstić information content (AvgIpc) is 2.99. The van der Waals surface area contributed by atoms with Crippen molar-refractivity contribution < 1.29 is 8.99 Å². The Kier molecular flexibility index (Phi) is 15.0. The van der Waals surface area contributed by atoms with E-state index in [1.165, 1.54) is 35.7 Å². The quantitative estimate of drug-likeness (QED) is 0.247. The van der Waals surface area contributed by atoms with Crippen LogP contribution in [0.15, 0.2) is 87.6 Å². The predicted octanol–water partition coefficient (Wildman–Crippen LogP) is 7.10. The number of nitrogens with zero attached hydrogens (tertiary/aromatic N) is 3. The van der Waals surface area contributed by atoms with Gasteiger partial charge in [0.15, 0.2) is 0 Å². The number of allylic oxidation sites excluding steroid dienone is 4. The van der Waals surface area contributed by atoms with E-state index < -0.39 is 0 Å². The normalized spacial score (nSPS) is 16.7. The van der Waals surface area contributed by atoms with Crippen LogP contribution in [0.4, 0.5) is 3.89 Å². The number of likely N-dealkylation sites (tertiary alicyclic amines) is 1. The molecule has 222 valence electrons. The molecule has 4 N–H and O–H groups in total. The predicted molar refractivity (Wildman–Crippen MR) is 175 cm³/mol. The number of nitrogens with two attached hydrogens (primary N) is 1. The Bertz CT molecular complexity index is 1250. The largest absolute Gasteiger partial charge is 0.507 e. The molecule has 2 aromatic carbocycles. The third-order valence-corrected chi connectivity index (χ3v) is 7.59. The van der Waals surface area contributed by atoms with Crippen LogP contribution in [-0.4, -0.2) is 48.6 Å².